The highest BCUT2D eigenvalue weighted by Crippen LogP contribution is 2.35. The fourth-order valence-electron chi connectivity index (χ4n) is 3.99. The van der Waals surface area contributed by atoms with Crippen LogP contribution in [0.2, 0.25) is 0 Å². The Balaban J connectivity index is 1.46. The molecular formula is C18H20N8OS. The summed E-state index contributed by atoms with van der Waals surface area (Å²) in [6.07, 6.45) is 4.55. The van der Waals surface area contributed by atoms with E-state index in [4.69, 9.17) is 0 Å². The molecule has 144 valence electrons. The van der Waals surface area contributed by atoms with Gasteiger partial charge in [0.25, 0.3) is 0 Å². The summed E-state index contributed by atoms with van der Waals surface area (Å²) in [5.74, 6) is 1.33. The van der Waals surface area contributed by atoms with Gasteiger partial charge in [0.05, 0.1) is 17.4 Å². The quantitative estimate of drug-likeness (QED) is 0.554. The van der Waals surface area contributed by atoms with E-state index < -0.39 is 0 Å². The first-order valence-electron chi connectivity index (χ1n) is 9.30. The highest BCUT2D eigenvalue weighted by atomic mass is 32.1. The van der Waals surface area contributed by atoms with Crippen LogP contribution in [0.5, 0.6) is 0 Å². The van der Waals surface area contributed by atoms with Crippen LogP contribution in [-0.4, -0.2) is 53.0 Å². The van der Waals surface area contributed by atoms with Crippen LogP contribution in [0.1, 0.15) is 30.8 Å². The SMILES string of the molecule is CCC1CN(C(=O)Nc2cc(C)ns2)CC1c1nnc2cnc3[nH]ccc3n12. The number of likely N-dealkylation sites (tertiary alicyclic amines) is 1. The molecule has 4 aromatic heterocycles. The number of aryl methyl sites for hydroxylation is 1. The third kappa shape index (κ3) is 2.71. The molecular weight excluding hydrogens is 376 g/mol. The summed E-state index contributed by atoms with van der Waals surface area (Å²) in [5.41, 5.74) is 3.38. The molecule has 5 rings (SSSR count). The van der Waals surface area contributed by atoms with E-state index in [1.54, 1.807) is 6.20 Å². The maximum Gasteiger partial charge on any atom is 0.322 e. The van der Waals surface area contributed by atoms with Crippen molar-refractivity contribution < 1.29 is 4.79 Å². The van der Waals surface area contributed by atoms with Crippen molar-refractivity contribution in [2.75, 3.05) is 18.4 Å². The number of anilines is 1. The molecule has 0 bridgehead atoms. The van der Waals surface area contributed by atoms with Crippen LogP contribution >= 0.6 is 11.5 Å². The van der Waals surface area contributed by atoms with Crippen molar-refractivity contribution in [3.8, 4) is 0 Å². The predicted octanol–water partition coefficient (Wildman–Crippen LogP) is 3.03. The molecule has 0 saturated carbocycles. The Labute approximate surface area is 165 Å². The summed E-state index contributed by atoms with van der Waals surface area (Å²) in [5, 5.41) is 12.5. The Morgan fingerprint density at radius 2 is 2.29 bits per heavy atom. The Hall–Kier alpha value is -3.01. The van der Waals surface area contributed by atoms with E-state index >= 15 is 0 Å². The van der Waals surface area contributed by atoms with E-state index in [-0.39, 0.29) is 11.9 Å². The summed E-state index contributed by atoms with van der Waals surface area (Å²) in [7, 11) is 0. The molecule has 28 heavy (non-hydrogen) atoms. The fraction of sp³-hybridized carbons (Fsp3) is 0.389. The number of urea groups is 1. The maximum absolute atomic E-state index is 12.8. The smallest absolute Gasteiger partial charge is 0.322 e. The van der Waals surface area contributed by atoms with E-state index in [1.807, 2.05) is 30.2 Å². The molecule has 9 nitrogen and oxygen atoms in total. The van der Waals surface area contributed by atoms with Crippen molar-refractivity contribution in [1.82, 2.24) is 33.8 Å². The maximum atomic E-state index is 12.8. The minimum absolute atomic E-state index is 0.0909. The summed E-state index contributed by atoms with van der Waals surface area (Å²) in [4.78, 5) is 22.2. The van der Waals surface area contributed by atoms with Gasteiger partial charge in [-0.2, -0.15) is 4.37 Å². The van der Waals surface area contributed by atoms with Gasteiger partial charge in [-0.15, -0.1) is 10.2 Å². The molecule has 0 aliphatic carbocycles. The van der Waals surface area contributed by atoms with Crippen LogP contribution in [0.25, 0.3) is 16.8 Å². The van der Waals surface area contributed by atoms with Crippen LogP contribution in [0.3, 0.4) is 0 Å². The number of H-pyrrole nitrogens is 1. The Morgan fingerprint density at radius 1 is 1.39 bits per heavy atom. The number of carbonyl (C=O) groups is 1. The van der Waals surface area contributed by atoms with Crippen LogP contribution in [0.15, 0.2) is 24.5 Å². The molecule has 1 fully saturated rings. The fourth-order valence-corrected chi connectivity index (χ4v) is 4.64. The number of hydrogen-bond donors (Lipinski definition) is 2. The zero-order valence-corrected chi connectivity index (χ0v) is 16.4. The average molecular weight is 396 g/mol. The third-order valence-corrected chi connectivity index (χ3v) is 6.21. The summed E-state index contributed by atoms with van der Waals surface area (Å²) in [6.45, 7) is 5.37. The molecule has 0 aromatic carbocycles. The van der Waals surface area contributed by atoms with Crippen LogP contribution in [0, 0.1) is 12.8 Å². The Morgan fingerprint density at radius 3 is 3.07 bits per heavy atom. The zero-order chi connectivity index (χ0) is 19.3. The van der Waals surface area contributed by atoms with Crippen molar-refractivity contribution in [3.63, 3.8) is 0 Å². The second-order valence-electron chi connectivity index (χ2n) is 7.16. The first-order chi connectivity index (χ1) is 13.6. The van der Waals surface area contributed by atoms with Gasteiger partial charge in [-0.3, -0.25) is 9.72 Å². The monoisotopic (exact) mass is 396 g/mol. The van der Waals surface area contributed by atoms with Gasteiger partial charge in [0.15, 0.2) is 11.3 Å². The van der Waals surface area contributed by atoms with Crippen molar-refractivity contribution in [2.45, 2.75) is 26.2 Å². The van der Waals surface area contributed by atoms with E-state index in [9.17, 15) is 4.79 Å². The molecule has 1 aliphatic rings. The van der Waals surface area contributed by atoms with Gasteiger partial charge in [0, 0.05) is 25.2 Å². The average Bonchev–Trinajstić information content (AvgIpc) is 3.45. The van der Waals surface area contributed by atoms with Gasteiger partial charge < -0.3 is 9.88 Å². The highest BCUT2D eigenvalue weighted by molar-refractivity contribution is 7.10. The Kier molecular flexibility index (Phi) is 4.00. The molecule has 0 spiro atoms. The molecule has 1 aliphatic heterocycles. The lowest BCUT2D eigenvalue weighted by molar-refractivity contribution is 0.220. The standard InChI is InChI=1S/C18H20N8OS/c1-3-11-8-25(18(27)21-15-6-10(2)24-28-15)9-12(11)17-23-22-14-7-20-16-13(26(14)17)4-5-19-16/h4-7,11-12,19H,3,8-9H2,1-2H3,(H,21,27). The van der Waals surface area contributed by atoms with Crippen LogP contribution in [-0.2, 0) is 0 Å². The highest BCUT2D eigenvalue weighted by Gasteiger charge is 2.38. The molecule has 1 saturated heterocycles. The normalized spacial score (nSPS) is 19.7. The van der Waals surface area contributed by atoms with E-state index in [0.717, 1.165) is 39.8 Å². The lowest BCUT2D eigenvalue weighted by Crippen LogP contribution is -2.33. The number of nitrogens with one attached hydrogen (secondary N) is 2. The molecule has 4 aromatic rings. The molecule has 5 heterocycles. The van der Waals surface area contributed by atoms with Gasteiger partial charge in [0.2, 0.25) is 0 Å². The van der Waals surface area contributed by atoms with Gasteiger partial charge in [0.1, 0.15) is 10.8 Å². The number of carbonyl (C=O) groups excluding carboxylic acids is 1. The Bertz CT molecular complexity index is 1160. The van der Waals surface area contributed by atoms with E-state index in [0.29, 0.717) is 19.0 Å². The van der Waals surface area contributed by atoms with Crippen molar-refractivity contribution in [2.24, 2.45) is 5.92 Å². The third-order valence-electron chi connectivity index (χ3n) is 5.41. The molecule has 2 N–H and O–H groups in total. The van der Waals surface area contributed by atoms with Gasteiger partial charge in [-0.05, 0) is 36.5 Å². The molecule has 2 amide bonds. The summed E-state index contributed by atoms with van der Waals surface area (Å²) < 4.78 is 6.27. The minimum Gasteiger partial charge on any atom is -0.345 e. The van der Waals surface area contributed by atoms with Crippen molar-refractivity contribution in [3.05, 3.63) is 36.0 Å². The number of nitrogens with zero attached hydrogens (tertiary/aromatic N) is 6. The topological polar surface area (TPSA) is 104 Å². The second-order valence-corrected chi connectivity index (χ2v) is 7.97. The van der Waals surface area contributed by atoms with Gasteiger partial charge in [-0.1, -0.05) is 13.3 Å². The lowest BCUT2D eigenvalue weighted by Gasteiger charge is -2.16. The minimum atomic E-state index is -0.0909. The summed E-state index contributed by atoms with van der Waals surface area (Å²) >= 11 is 1.30. The lowest BCUT2D eigenvalue weighted by atomic mass is 9.93. The molecule has 2 unspecified atom stereocenters. The molecule has 2 atom stereocenters. The van der Waals surface area contributed by atoms with Gasteiger partial charge in [-0.25, -0.2) is 9.78 Å². The number of fused-ring (bicyclic) bond motifs is 3. The zero-order valence-electron chi connectivity index (χ0n) is 15.6. The van der Waals surface area contributed by atoms with E-state index in [1.165, 1.54) is 11.5 Å². The largest absolute Gasteiger partial charge is 0.345 e. The second kappa shape index (κ2) is 6.55. The van der Waals surface area contributed by atoms with Crippen molar-refractivity contribution in [1.29, 1.82) is 0 Å². The number of aromatic nitrogens is 6. The first-order valence-corrected chi connectivity index (χ1v) is 10.1. The van der Waals surface area contributed by atoms with E-state index in [2.05, 4.69) is 41.2 Å². The van der Waals surface area contributed by atoms with Gasteiger partial charge >= 0.3 is 6.03 Å². The number of hydrogen-bond acceptors (Lipinski definition) is 6. The number of rotatable bonds is 3. The number of amides is 2. The number of aromatic amines is 1. The van der Waals surface area contributed by atoms with Crippen LogP contribution < -0.4 is 5.32 Å². The predicted molar refractivity (Wildman–Crippen MR) is 107 cm³/mol. The summed E-state index contributed by atoms with van der Waals surface area (Å²) in [6, 6.07) is 3.77. The molecule has 10 heteroatoms. The van der Waals surface area contributed by atoms with Crippen molar-refractivity contribution >= 4 is 39.4 Å². The first kappa shape index (κ1) is 17.1. The van der Waals surface area contributed by atoms with Crippen LogP contribution in [0.4, 0.5) is 9.80 Å². The molecule has 0 radical (unpaired) electrons.